The van der Waals surface area contributed by atoms with Gasteiger partial charge in [0.2, 0.25) is 0 Å². The number of hydrogen-bond acceptors (Lipinski definition) is 5. The number of rotatable bonds is 7. The van der Waals surface area contributed by atoms with Gasteiger partial charge in [-0.2, -0.15) is 0 Å². The predicted octanol–water partition coefficient (Wildman–Crippen LogP) is 2.50. The van der Waals surface area contributed by atoms with Crippen molar-refractivity contribution < 1.29 is 17.9 Å². The van der Waals surface area contributed by atoms with Crippen LogP contribution in [0.1, 0.15) is 9.67 Å². The largest absolute Gasteiger partial charge is 0.497 e. The van der Waals surface area contributed by atoms with Gasteiger partial charge in [-0.3, -0.25) is 9.10 Å². The SMILES string of the molecule is C=CCNC(=O)c1sccc1N(C)S(=O)(=O)c1ccc(OC)cc1. The van der Waals surface area contributed by atoms with Gasteiger partial charge in [0.25, 0.3) is 15.9 Å². The third-order valence-electron chi connectivity index (χ3n) is 3.31. The highest BCUT2D eigenvalue weighted by Crippen LogP contribution is 2.30. The molecule has 1 aromatic heterocycles. The van der Waals surface area contributed by atoms with Crippen molar-refractivity contribution in [1.29, 1.82) is 0 Å². The Kier molecular flexibility index (Phi) is 5.63. The first kappa shape index (κ1) is 18.0. The number of ether oxygens (including phenoxy) is 1. The maximum Gasteiger partial charge on any atom is 0.264 e. The van der Waals surface area contributed by atoms with Crippen molar-refractivity contribution >= 4 is 33.0 Å². The van der Waals surface area contributed by atoms with Gasteiger partial charge < -0.3 is 10.1 Å². The van der Waals surface area contributed by atoms with E-state index in [1.54, 1.807) is 29.7 Å². The Hall–Kier alpha value is -2.32. The second-order valence-corrected chi connectivity index (χ2v) is 7.67. The van der Waals surface area contributed by atoms with E-state index in [4.69, 9.17) is 4.74 Å². The molecule has 0 aliphatic heterocycles. The number of amides is 1. The highest BCUT2D eigenvalue weighted by molar-refractivity contribution is 7.92. The molecule has 24 heavy (non-hydrogen) atoms. The molecule has 0 radical (unpaired) electrons. The summed E-state index contributed by atoms with van der Waals surface area (Å²) >= 11 is 1.18. The Labute approximate surface area is 145 Å². The summed E-state index contributed by atoms with van der Waals surface area (Å²) in [6.45, 7) is 3.85. The molecule has 0 saturated carbocycles. The van der Waals surface area contributed by atoms with Gasteiger partial charge in [0.15, 0.2) is 0 Å². The van der Waals surface area contributed by atoms with Crippen LogP contribution in [-0.2, 0) is 10.0 Å². The molecule has 128 valence electrons. The molecule has 1 amide bonds. The monoisotopic (exact) mass is 366 g/mol. The van der Waals surface area contributed by atoms with Crippen molar-refractivity contribution in [3.63, 3.8) is 0 Å². The van der Waals surface area contributed by atoms with Gasteiger partial charge in [0, 0.05) is 13.6 Å². The Morgan fingerprint density at radius 1 is 1.33 bits per heavy atom. The van der Waals surface area contributed by atoms with E-state index in [9.17, 15) is 13.2 Å². The van der Waals surface area contributed by atoms with E-state index in [1.165, 1.54) is 37.6 Å². The number of thiophene rings is 1. The van der Waals surface area contributed by atoms with Gasteiger partial charge in [0.05, 0.1) is 17.7 Å². The van der Waals surface area contributed by atoms with E-state index in [2.05, 4.69) is 11.9 Å². The molecule has 2 rings (SSSR count). The number of nitrogens with one attached hydrogen (secondary N) is 1. The summed E-state index contributed by atoms with van der Waals surface area (Å²) in [5.41, 5.74) is 0.331. The number of sulfonamides is 1. The Balaban J connectivity index is 2.33. The van der Waals surface area contributed by atoms with Crippen LogP contribution < -0.4 is 14.4 Å². The van der Waals surface area contributed by atoms with Crippen LogP contribution in [0.2, 0.25) is 0 Å². The predicted molar refractivity (Wildman–Crippen MR) is 95.4 cm³/mol. The number of methoxy groups -OCH3 is 1. The van der Waals surface area contributed by atoms with E-state index in [1.807, 2.05) is 0 Å². The summed E-state index contributed by atoms with van der Waals surface area (Å²) in [6, 6.07) is 7.69. The highest BCUT2D eigenvalue weighted by atomic mass is 32.2. The van der Waals surface area contributed by atoms with Crippen LogP contribution >= 0.6 is 11.3 Å². The Morgan fingerprint density at radius 2 is 2.00 bits per heavy atom. The lowest BCUT2D eigenvalue weighted by atomic mass is 10.3. The quantitative estimate of drug-likeness (QED) is 0.764. The molecule has 1 N–H and O–H groups in total. The minimum absolute atomic E-state index is 0.120. The highest BCUT2D eigenvalue weighted by Gasteiger charge is 2.26. The normalized spacial score (nSPS) is 10.9. The van der Waals surface area contributed by atoms with Crippen LogP contribution in [-0.4, -0.2) is 35.0 Å². The first-order chi connectivity index (χ1) is 11.4. The molecule has 0 bridgehead atoms. The van der Waals surface area contributed by atoms with E-state index in [0.29, 0.717) is 22.9 Å². The van der Waals surface area contributed by atoms with E-state index >= 15 is 0 Å². The number of nitrogens with zero attached hydrogens (tertiary/aromatic N) is 1. The summed E-state index contributed by atoms with van der Waals surface area (Å²) in [5, 5.41) is 4.33. The van der Waals surface area contributed by atoms with Crippen molar-refractivity contribution in [1.82, 2.24) is 5.32 Å². The fraction of sp³-hybridized carbons (Fsp3) is 0.188. The molecular formula is C16H18N2O4S2. The second-order valence-electron chi connectivity index (χ2n) is 4.78. The molecule has 0 unspecified atom stereocenters. The van der Waals surface area contributed by atoms with Crippen LogP contribution in [0.3, 0.4) is 0 Å². The molecule has 6 nitrogen and oxygen atoms in total. The third kappa shape index (κ3) is 3.60. The lowest BCUT2D eigenvalue weighted by Gasteiger charge is -2.19. The summed E-state index contributed by atoms with van der Waals surface area (Å²) in [7, 11) is -0.848. The van der Waals surface area contributed by atoms with Gasteiger partial charge in [-0.1, -0.05) is 6.08 Å². The number of benzene rings is 1. The summed E-state index contributed by atoms with van der Waals surface area (Å²) in [6.07, 6.45) is 1.56. The first-order valence-electron chi connectivity index (χ1n) is 7.01. The standard InChI is InChI=1S/C16H18N2O4S2/c1-4-10-17-16(19)15-14(9-11-23-15)18(2)24(20,21)13-7-5-12(22-3)6-8-13/h4-9,11H,1,10H2,2-3H3,(H,17,19). The first-order valence-corrected chi connectivity index (χ1v) is 9.33. The molecule has 0 aliphatic rings. The minimum atomic E-state index is -3.78. The number of hydrogen-bond donors (Lipinski definition) is 1. The van der Waals surface area contributed by atoms with Crippen molar-refractivity contribution in [2.24, 2.45) is 0 Å². The van der Waals surface area contributed by atoms with E-state index in [-0.39, 0.29) is 10.8 Å². The number of carbonyl (C=O) groups is 1. The summed E-state index contributed by atoms with van der Waals surface area (Å²) in [4.78, 5) is 12.6. The molecular weight excluding hydrogens is 348 g/mol. The fourth-order valence-corrected chi connectivity index (χ4v) is 4.10. The van der Waals surface area contributed by atoms with Crippen LogP contribution in [0.4, 0.5) is 5.69 Å². The van der Waals surface area contributed by atoms with Crippen molar-refractivity contribution in [2.45, 2.75) is 4.90 Å². The van der Waals surface area contributed by atoms with Gasteiger partial charge >= 0.3 is 0 Å². The average Bonchev–Trinajstić information content (AvgIpc) is 3.08. The molecule has 2 aromatic rings. The molecule has 0 spiro atoms. The molecule has 8 heteroatoms. The smallest absolute Gasteiger partial charge is 0.264 e. The van der Waals surface area contributed by atoms with Gasteiger partial charge in [0.1, 0.15) is 10.6 Å². The van der Waals surface area contributed by atoms with E-state index in [0.717, 1.165) is 4.31 Å². The topological polar surface area (TPSA) is 75.7 Å². The second kappa shape index (κ2) is 7.50. The molecule has 1 heterocycles. The van der Waals surface area contributed by atoms with Crippen LogP contribution in [0, 0.1) is 0 Å². The Bertz CT molecular complexity index is 826. The van der Waals surface area contributed by atoms with Gasteiger partial charge in [-0.15, -0.1) is 17.9 Å². The zero-order chi connectivity index (χ0) is 17.7. The van der Waals surface area contributed by atoms with Crippen LogP contribution in [0.15, 0.2) is 53.3 Å². The van der Waals surface area contributed by atoms with Gasteiger partial charge in [-0.05, 0) is 35.7 Å². The molecule has 0 fully saturated rings. The van der Waals surface area contributed by atoms with Crippen molar-refractivity contribution in [3.05, 3.63) is 53.2 Å². The minimum Gasteiger partial charge on any atom is -0.497 e. The summed E-state index contributed by atoms with van der Waals surface area (Å²) in [5.74, 6) is 0.230. The average molecular weight is 366 g/mol. The number of carbonyl (C=O) groups excluding carboxylic acids is 1. The maximum absolute atomic E-state index is 12.8. The zero-order valence-electron chi connectivity index (χ0n) is 13.4. The fourth-order valence-electron chi connectivity index (χ4n) is 2.00. The zero-order valence-corrected chi connectivity index (χ0v) is 15.0. The molecule has 0 saturated heterocycles. The van der Waals surface area contributed by atoms with Crippen molar-refractivity contribution in [2.75, 3.05) is 25.0 Å². The Morgan fingerprint density at radius 3 is 2.58 bits per heavy atom. The summed E-state index contributed by atoms with van der Waals surface area (Å²) < 4.78 is 31.7. The molecule has 0 aliphatic carbocycles. The molecule has 0 atom stereocenters. The van der Waals surface area contributed by atoms with Crippen LogP contribution in [0.25, 0.3) is 0 Å². The lowest BCUT2D eigenvalue weighted by molar-refractivity contribution is 0.0962. The third-order valence-corrected chi connectivity index (χ3v) is 6.00. The van der Waals surface area contributed by atoms with Crippen LogP contribution in [0.5, 0.6) is 5.75 Å². The lowest BCUT2D eigenvalue weighted by Crippen LogP contribution is -2.29. The van der Waals surface area contributed by atoms with Crippen molar-refractivity contribution in [3.8, 4) is 5.75 Å². The molecule has 1 aromatic carbocycles. The number of anilines is 1. The maximum atomic E-state index is 12.8. The van der Waals surface area contributed by atoms with Gasteiger partial charge in [-0.25, -0.2) is 8.42 Å². The van der Waals surface area contributed by atoms with E-state index < -0.39 is 10.0 Å².